The summed E-state index contributed by atoms with van der Waals surface area (Å²) >= 11 is 1.13. The molecular formula is C21H14F3N3O2S. The summed E-state index contributed by atoms with van der Waals surface area (Å²) in [5.74, 6) is 0.0623. The zero-order chi connectivity index (χ0) is 21.1. The summed E-state index contributed by atoms with van der Waals surface area (Å²) in [5, 5.41) is 4.52. The van der Waals surface area contributed by atoms with Gasteiger partial charge in [-0.2, -0.15) is 13.2 Å². The van der Waals surface area contributed by atoms with Crippen molar-refractivity contribution in [3.8, 4) is 22.7 Å². The fourth-order valence-corrected chi connectivity index (χ4v) is 3.48. The zero-order valence-electron chi connectivity index (χ0n) is 15.3. The van der Waals surface area contributed by atoms with E-state index < -0.39 is 11.7 Å². The predicted molar refractivity (Wildman–Crippen MR) is 107 cm³/mol. The molecule has 0 radical (unpaired) electrons. The number of halogens is 3. The minimum atomic E-state index is -4.43. The largest absolute Gasteiger partial charge is 0.444 e. The Labute approximate surface area is 173 Å². The number of alkyl halides is 3. The molecule has 0 saturated heterocycles. The Morgan fingerprint density at radius 1 is 1.03 bits per heavy atom. The van der Waals surface area contributed by atoms with Crippen molar-refractivity contribution in [1.29, 1.82) is 0 Å². The van der Waals surface area contributed by atoms with Crippen LogP contribution >= 0.6 is 11.3 Å². The van der Waals surface area contributed by atoms with Crippen molar-refractivity contribution in [2.24, 2.45) is 0 Å². The van der Waals surface area contributed by atoms with E-state index in [1.165, 1.54) is 18.4 Å². The molecule has 2 aromatic heterocycles. The third-order valence-corrected chi connectivity index (χ3v) is 4.91. The molecular weight excluding hydrogens is 415 g/mol. The van der Waals surface area contributed by atoms with Gasteiger partial charge in [0.1, 0.15) is 6.26 Å². The molecule has 0 spiro atoms. The Morgan fingerprint density at radius 2 is 1.80 bits per heavy atom. The summed E-state index contributed by atoms with van der Waals surface area (Å²) in [7, 11) is 0. The lowest BCUT2D eigenvalue weighted by atomic mass is 10.1. The SMILES string of the molecule is O=C(Cc1coc(-c2ccccc2)n1)Nc1nc(-c2cccc(C(F)(F)F)c2)cs1. The average Bonchev–Trinajstić information content (AvgIpc) is 3.38. The number of hydrogen-bond donors (Lipinski definition) is 1. The predicted octanol–water partition coefficient (Wildman–Crippen LogP) is 5.67. The summed E-state index contributed by atoms with van der Waals surface area (Å²) in [6.45, 7) is 0. The Kier molecular flexibility index (Phi) is 5.37. The highest BCUT2D eigenvalue weighted by Gasteiger charge is 2.30. The number of carbonyl (C=O) groups is 1. The van der Waals surface area contributed by atoms with Crippen molar-refractivity contribution in [1.82, 2.24) is 9.97 Å². The van der Waals surface area contributed by atoms with Crippen LogP contribution in [0.25, 0.3) is 22.7 Å². The Morgan fingerprint density at radius 3 is 2.57 bits per heavy atom. The molecule has 0 bridgehead atoms. The molecule has 0 aliphatic carbocycles. The van der Waals surface area contributed by atoms with Gasteiger partial charge >= 0.3 is 6.18 Å². The first-order valence-electron chi connectivity index (χ1n) is 8.81. The van der Waals surface area contributed by atoms with Crippen LogP contribution in [-0.2, 0) is 17.4 Å². The Bertz CT molecular complexity index is 1170. The highest BCUT2D eigenvalue weighted by atomic mass is 32.1. The molecule has 9 heteroatoms. The first-order valence-corrected chi connectivity index (χ1v) is 9.69. The maximum atomic E-state index is 12.9. The highest BCUT2D eigenvalue weighted by molar-refractivity contribution is 7.14. The second-order valence-electron chi connectivity index (χ2n) is 6.35. The Balaban J connectivity index is 1.42. The lowest BCUT2D eigenvalue weighted by Gasteiger charge is -2.07. The third-order valence-electron chi connectivity index (χ3n) is 4.15. The van der Waals surface area contributed by atoms with Crippen molar-refractivity contribution in [2.45, 2.75) is 12.6 Å². The van der Waals surface area contributed by atoms with Crippen LogP contribution in [0, 0.1) is 0 Å². The number of oxazole rings is 1. The van der Waals surface area contributed by atoms with Crippen LogP contribution in [-0.4, -0.2) is 15.9 Å². The first-order chi connectivity index (χ1) is 14.4. The lowest BCUT2D eigenvalue weighted by Crippen LogP contribution is -2.14. The smallest absolute Gasteiger partial charge is 0.416 e. The monoisotopic (exact) mass is 429 g/mol. The van der Waals surface area contributed by atoms with Crippen LogP contribution < -0.4 is 5.32 Å². The van der Waals surface area contributed by atoms with Crippen LogP contribution in [0.4, 0.5) is 18.3 Å². The molecule has 0 atom stereocenters. The fourth-order valence-electron chi connectivity index (χ4n) is 2.75. The highest BCUT2D eigenvalue weighted by Crippen LogP contribution is 2.33. The molecule has 0 saturated carbocycles. The van der Waals surface area contributed by atoms with Gasteiger partial charge in [0, 0.05) is 16.5 Å². The number of carbonyl (C=O) groups excluding carboxylic acids is 1. The second-order valence-corrected chi connectivity index (χ2v) is 7.21. The minimum absolute atomic E-state index is 0.0190. The first kappa shape index (κ1) is 19.8. The van der Waals surface area contributed by atoms with Crippen molar-refractivity contribution >= 4 is 22.4 Å². The van der Waals surface area contributed by atoms with Crippen molar-refractivity contribution < 1.29 is 22.4 Å². The summed E-state index contributed by atoms with van der Waals surface area (Å²) in [5.41, 5.74) is 1.19. The number of rotatable bonds is 5. The normalized spacial score (nSPS) is 11.4. The van der Waals surface area contributed by atoms with E-state index in [-0.39, 0.29) is 12.3 Å². The fraction of sp³-hybridized carbons (Fsp3) is 0.0952. The van der Waals surface area contributed by atoms with E-state index >= 15 is 0 Å². The molecule has 30 heavy (non-hydrogen) atoms. The summed E-state index contributed by atoms with van der Waals surface area (Å²) in [6.07, 6.45) is -3.04. The number of anilines is 1. The number of nitrogens with one attached hydrogen (secondary N) is 1. The summed E-state index contributed by atoms with van der Waals surface area (Å²) in [4.78, 5) is 20.8. The van der Waals surface area contributed by atoms with Gasteiger partial charge in [-0.15, -0.1) is 11.3 Å². The van der Waals surface area contributed by atoms with Gasteiger partial charge < -0.3 is 9.73 Å². The zero-order valence-corrected chi connectivity index (χ0v) is 16.1. The lowest BCUT2D eigenvalue weighted by molar-refractivity contribution is -0.137. The summed E-state index contributed by atoms with van der Waals surface area (Å²) in [6, 6.07) is 14.2. The van der Waals surface area contributed by atoms with Crippen LogP contribution in [0.2, 0.25) is 0 Å². The van der Waals surface area contributed by atoms with E-state index in [0.717, 1.165) is 29.0 Å². The van der Waals surface area contributed by atoms with E-state index in [1.54, 1.807) is 5.38 Å². The summed E-state index contributed by atoms with van der Waals surface area (Å²) < 4.78 is 44.1. The molecule has 4 rings (SSSR count). The van der Waals surface area contributed by atoms with E-state index in [4.69, 9.17) is 4.42 Å². The van der Waals surface area contributed by atoms with Crippen LogP contribution in [0.5, 0.6) is 0 Å². The molecule has 2 heterocycles. The minimum Gasteiger partial charge on any atom is -0.444 e. The van der Waals surface area contributed by atoms with Gasteiger partial charge in [-0.25, -0.2) is 9.97 Å². The third kappa shape index (κ3) is 4.57. The van der Waals surface area contributed by atoms with E-state index in [0.29, 0.717) is 28.0 Å². The van der Waals surface area contributed by atoms with Gasteiger partial charge in [0.2, 0.25) is 11.8 Å². The van der Waals surface area contributed by atoms with Gasteiger partial charge in [0.15, 0.2) is 5.13 Å². The molecule has 4 aromatic rings. The van der Waals surface area contributed by atoms with Gasteiger partial charge in [-0.3, -0.25) is 4.79 Å². The van der Waals surface area contributed by atoms with E-state index in [2.05, 4.69) is 15.3 Å². The van der Waals surface area contributed by atoms with Crippen molar-refractivity contribution in [3.63, 3.8) is 0 Å². The molecule has 1 amide bonds. The molecule has 1 N–H and O–H groups in total. The standard InChI is InChI=1S/C21H14F3N3O2S/c22-21(23,24)15-8-4-7-14(9-15)17-12-30-20(26-17)27-18(28)10-16-11-29-19(25-16)13-5-2-1-3-6-13/h1-9,11-12H,10H2,(H,26,27,28). The number of thiazole rings is 1. The van der Waals surface area contributed by atoms with Crippen LogP contribution in [0.3, 0.4) is 0 Å². The molecule has 5 nitrogen and oxygen atoms in total. The number of benzene rings is 2. The molecule has 0 fully saturated rings. The molecule has 2 aromatic carbocycles. The van der Waals surface area contributed by atoms with Crippen molar-refractivity contribution in [2.75, 3.05) is 5.32 Å². The molecule has 0 unspecified atom stereocenters. The molecule has 0 aliphatic rings. The van der Waals surface area contributed by atoms with E-state index in [1.807, 2.05) is 30.3 Å². The maximum absolute atomic E-state index is 12.9. The quantitative estimate of drug-likeness (QED) is 0.444. The van der Waals surface area contributed by atoms with Gasteiger partial charge in [-0.1, -0.05) is 30.3 Å². The van der Waals surface area contributed by atoms with Gasteiger partial charge in [-0.05, 0) is 24.3 Å². The Hall–Kier alpha value is -3.46. The number of amides is 1. The van der Waals surface area contributed by atoms with Crippen LogP contribution in [0.1, 0.15) is 11.3 Å². The topological polar surface area (TPSA) is 68.0 Å². The van der Waals surface area contributed by atoms with Gasteiger partial charge in [0.25, 0.3) is 0 Å². The number of aromatic nitrogens is 2. The molecule has 0 aliphatic heterocycles. The number of hydrogen-bond acceptors (Lipinski definition) is 5. The van der Waals surface area contributed by atoms with Crippen molar-refractivity contribution in [3.05, 3.63) is 77.5 Å². The molecule has 152 valence electrons. The average molecular weight is 429 g/mol. The number of nitrogens with zero attached hydrogens (tertiary/aromatic N) is 2. The second kappa shape index (κ2) is 8.11. The van der Waals surface area contributed by atoms with E-state index in [9.17, 15) is 18.0 Å². The van der Waals surface area contributed by atoms with Gasteiger partial charge in [0.05, 0.1) is 23.4 Å². The maximum Gasteiger partial charge on any atom is 0.416 e. The van der Waals surface area contributed by atoms with Crippen LogP contribution in [0.15, 0.2) is 70.7 Å².